The largest absolute Gasteiger partial charge is 0.340 e. The molecule has 120 valence electrons. The highest BCUT2D eigenvalue weighted by molar-refractivity contribution is 5.95. The van der Waals surface area contributed by atoms with Crippen molar-refractivity contribution < 1.29 is 0 Å². The number of aromatic nitrogens is 1. The Balaban J connectivity index is 1.77. The van der Waals surface area contributed by atoms with Crippen molar-refractivity contribution in [2.45, 2.75) is 0 Å². The van der Waals surface area contributed by atoms with Crippen LogP contribution in [0, 0.1) is 0 Å². The minimum atomic E-state index is 0.796. The molecule has 25 heavy (non-hydrogen) atoms. The van der Waals surface area contributed by atoms with Crippen LogP contribution in [0.2, 0.25) is 0 Å². The van der Waals surface area contributed by atoms with Crippen molar-refractivity contribution in [3.63, 3.8) is 0 Å². The molecular weight excluding hydrogens is 306 g/mol. The fourth-order valence-electron chi connectivity index (χ4n) is 2.65. The SMILES string of the molecule is C(=Nc1ccccc1)c1cc2ccccc2nc1Nc1ccccc1. The molecule has 1 heterocycles. The molecule has 3 aromatic carbocycles. The maximum atomic E-state index is 4.78. The highest BCUT2D eigenvalue weighted by atomic mass is 15.0. The van der Waals surface area contributed by atoms with Crippen molar-refractivity contribution in [2.75, 3.05) is 5.32 Å². The third kappa shape index (κ3) is 3.56. The van der Waals surface area contributed by atoms with Gasteiger partial charge in [0.2, 0.25) is 0 Å². The molecule has 0 fully saturated rings. The predicted molar refractivity (Wildman–Crippen MR) is 105 cm³/mol. The van der Waals surface area contributed by atoms with Gasteiger partial charge in [-0.3, -0.25) is 4.99 Å². The molecule has 0 saturated heterocycles. The molecule has 0 saturated carbocycles. The molecule has 4 aromatic rings. The van der Waals surface area contributed by atoms with E-state index in [1.165, 1.54) is 0 Å². The predicted octanol–water partition coefficient (Wildman–Crippen LogP) is 5.73. The second-order valence-corrected chi connectivity index (χ2v) is 5.70. The average Bonchev–Trinajstić information content (AvgIpc) is 2.68. The first kappa shape index (κ1) is 15.1. The number of nitrogens with zero attached hydrogens (tertiary/aromatic N) is 2. The summed E-state index contributed by atoms with van der Waals surface area (Å²) in [6.07, 6.45) is 1.86. The van der Waals surface area contributed by atoms with Crippen molar-refractivity contribution in [3.8, 4) is 0 Å². The maximum absolute atomic E-state index is 4.78. The van der Waals surface area contributed by atoms with Crippen LogP contribution in [-0.2, 0) is 0 Å². The van der Waals surface area contributed by atoms with Gasteiger partial charge in [-0.1, -0.05) is 54.6 Å². The Bertz CT molecular complexity index is 1010. The quantitative estimate of drug-likeness (QED) is 0.487. The lowest BCUT2D eigenvalue weighted by atomic mass is 10.1. The van der Waals surface area contributed by atoms with E-state index < -0.39 is 0 Å². The van der Waals surface area contributed by atoms with Gasteiger partial charge in [0.25, 0.3) is 0 Å². The van der Waals surface area contributed by atoms with Gasteiger partial charge in [-0.15, -0.1) is 0 Å². The van der Waals surface area contributed by atoms with Crippen LogP contribution in [0.25, 0.3) is 10.9 Å². The minimum absolute atomic E-state index is 0.796. The van der Waals surface area contributed by atoms with Gasteiger partial charge < -0.3 is 5.32 Å². The molecular formula is C22H17N3. The third-order valence-corrected chi connectivity index (χ3v) is 3.90. The number of pyridine rings is 1. The van der Waals surface area contributed by atoms with Crippen LogP contribution in [0.4, 0.5) is 17.2 Å². The van der Waals surface area contributed by atoms with E-state index in [1.54, 1.807) is 0 Å². The van der Waals surface area contributed by atoms with Crippen molar-refractivity contribution >= 4 is 34.3 Å². The van der Waals surface area contributed by atoms with Crippen LogP contribution in [0.3, 0.4) is 0 Å². The van der Waals surface area contributed by atoms with E-state index in [-0.39, 0.29) is 0 Å². The van der Waals surface area contributed by atoms with Gasteiger partial charge in [0.15, 0.2) is 0 Å². The zero-order valence-corrected chi connectivity index (χ0v) is 13.6. The summed E-state index contributed by atoms with van der Waals surface area (Å²) in [7, 11) is 0. The van der Waals surface area contributed by atoms with E-state index in [4.69, 9.17) is 4.98 Å². The average molecular weight is 323 g/mol. The molecule has 0 aliphatic rings. The number of nitrogens with one attached hydrogen (secondary N) is 1. The summed E-state index contributed by atoms with van der Waals surface area (Å²) in [5, 5.41) is 4.49. The summed E-state index contributed by atoms with van der Waals surface area (Å²) in [6.45, 7) is 0. The monoisotopic (exact) mass is 323 g/mol. The molecule has 3 nitrogen and oxygen atoms in total. The first-order valence-electron chi connectivity index (χ1n) is 8.19. The number of hydrogen-bond donors (Lipinski definition) is 1. The summed E-state index contributed by atoms with van der Waals surface area (Å²) < 4.78 is 0. The molecule has 0 atom stereocenters. The molecule has 0 spiro atoms. The fourth-order valence-corrected chi connectivity index (χ4v) is 2.65. The summed E-state index contributed by atoms with van der Waals surface area (Å²) in [6, 6.07) is 30.2. The smallest absolute Gasteiger partial charge is 0.139 e. The van der Waals surface area contributed by atoms with E-state index >= 15 is 0 Å². The van der Waals surface area contributed by atoms with Crippen molar-refractivity contribution in [1.29, 1.82) is 0 Å². The molecule has 0 unspecified atom stereocenters. The van der Waals surface area contributed by atoms with Crippen molar-refractivity contribution in [2.24, 2.45) is 4.99 Å². The second-order valence-electron chi connectivity index (χ2n) is 5.70. The summed E-state index contributed by atoms with van der Waals surface area (Å²) >= 11 is 0. The number of anilines is 2. The van der Waals surface area contributed by atoms with Gasteiger partial charge in [-0.25, -0.2) is 4.98 Å². The number of para-hydroxylation sites is 3. The Kier molecular flexibility index (Phi) is 4.21. The lowest BCUT2D eigenvalue weighted by Crippen LogP contribution is -1.99. The molecule has 0 aliphatic carbocycles. The Morgan fingerprint density at radius 2 is 1.44 bits per heavy atom. The standard InChI is InChI=1S/C22H17N3/c1-3-10-19(11-4-1)23-16-18-15-17-9-7-8-14-21(17)25-22(18)24-20-12-5-2-6-13-20/h1-16H,(H,24,25). The number of rotatable bonds is 4. The summed E-state index contributed by atoms with van der Waals surface area (Å²) in [4.78, 5) is 9.36. The number of fused-ring (bicyclic) bond motifs is 1. The zero-order chi connectivity index (χ0) is 16.9. The van der Waals surface area contributed by atoms with E-state index in [0.29, 0.717) is 0 Å². The van der Waals surface area contributed by atoms with E-state index in [2.05, 4.69) is 22.4 Å². The van der Waals surface area contributed by atoms with E-state index in [0.717, 1.165) is 33.7 Å². The van der Waals surface area contributed by atoms with Crippen LogP contribution in [0.15, 0.2) is 96.0 Å². The zero-order valence-electron chi connectivity index (χ0n) is 13.6. The van der Waals surface area contributed by atoms with E-state index in [9.17, 15) is 0 Å². The Morgan fingerprint density at radius 1 is 0.760 bits per heavy atom. The van der Waals surface area contributed by atoms with Crippen LogP contribution in [0.5, 0.6) is 0 Å². The molecule has 0 amide bonds. The number of hydrogen-bond acceptors (Lipinski definition) is 3. The highest BCUT2D eigenvalue weighted by Crippen LogP contribution is 2.23. The number of aliphatic imine (C=N–C) groups is 1. The van der Waals surface area contributed by atoms with Crippen LogP contribution >= 0.6 is 0 Å². The van der Waals surface area contributed by atoms with Crippen LogP contribution < -0.4 is 5.32 Å². The van der Waals surface area contributed by atoms with Crippen LogP contribution in [-0.4, -0.2) is 11.2 Å². The third-order valence-electron chi connectivity index (χ3n) is 3.90. The normalized spacial score (nSPS) is 11.0. The molecule has 4 rings (SSSR count). The Hall–Kier alpha value is -3.46. The van der Waals surface area contributed by atoms with Crippen molar-refractivity contribution in [1.82, 2.24) is 4.98 Å². The van der Waals surface area contributed by atoms with E-state index in [1.807, 2.05) is 85.1 Å². The van der Waals surface area contributed by atoms with Gasteiger partial charge >= 0.3 is 0 Å². The van der Waals surface area contributed by atoms with Crippen molar-refractivity contribution in [3.05, 3.63) is 96.6 Å². The number of benzene rings is 3. The molecule has 0 bridgehead atoms. The molecule has 0 aliphatic heterocycles. The maximum Gasteiger partial charge on any atom is 0.139 e. The lowest BCUT2D eigenvalue weighted by Gasteiger charge is -2.10. The second kappa shape index (κ2) is 6.97. The van der Waals surface area contributed by atoms with Gasteiger partial charge in [0.05, 0.1) is 11.2 Å². The fraction of sp³-hybridized carbons (Fsp3) is 0. The highest BCUT2D eigenvalue weighted by Gasteiger charge is 2.06. The summed E-state index contributed by atoms with van der Waals surface area (Å²) in [5.41, 5.74) is 3.82. The summed E-state index contributed by atoms with van der Waals surface area (Å²) in [5.74, 6) is 0.796. The van der Waals surface area contributed by atoms with Gasteiger partial charge in [0.1, 0.15) is 5.82 Å². The first-order valence-corrected chi connectivity index (χ1v) is 8.19. The topological polar surface area (TPSA) is 37.3 Å². The Morgan fingerprint density at radius 3 is 2.24 bits per heavy atom. The Labute approximate surface area is 146 Å². The molecule has 1 N–H and O–H groups in total. The lowest BCUT2D eigenvalue weighted by molar-refractivity contribution is 1.36. The molecule has 3 heteroatoms. The van der Waals surface area contributed by atoms with Gasteiger partial charge in [0, 0.05) is 22.9 Å². The molecule has 1 aromatic heterocycles. The van der Waals surface area contributed by atoms with Gasteiger partial charge in [-0.05, 0) is 36.4 Å². The van der Waals surface area contributed by atoms with Gasteiger partial charge in [-0.2, -0.15) is 0 Å². The first-order chi connectivity index (χ1) is 12.4. The minimum Gasteiger partial charge on any atom is -0.340 e. The molecule has 0 radical (unpaired) electrons. The van der Waals surface area contributed by atoms with Crippen LogP contribution in [0.1, 0.15) is 5.56 Å².